The number of guanidine groups is 1. The number of hydrogen-bond acceptors (Lipinski definition) is 3. The maximum Gasteiger partial charge on any atom is 0.201 e. The Morgan fingerprint density at radius 2 is 1.40 bits per heavy atom. The second kappa shape index (κ2) is 7.89. The summed E-state index contributed by atoms with van der Waals surface area (Å²) >= 11 is 0. The third kappa shape index (κ3) is 4.27. The number of nitrogens with zero attached hydrogens (tertiary/aromatic N) is 1. The van der Waals surface area contributed by atoms with Gasteiger partial charge >= 0.3 is 0 Å². The summed E-state index contributed by atoms with van der Waals surface area (Å²) in [5, 5.41) is 9.93. The number of benzene rings is 3. The second-order valence-corrected chi connectivity index (χ2v) is 11.2. The third-order valence-electron chi connectivity index (χ3n) is 5.45. The lowest BCUT2D eigenvalue weighted by Crippen LogP contribution is -2.49. The minimum Gasteiger partial charge on any atom is -0.347 e. The van der Waals surface area contributed by atoms with Crippen LogP contribution in [-0.4, -0.2) is 5.96 Å². The molecule has 30 heavy (non-hydrogen) atoms. The van der Waals surface area contributed by atoms with Gasteiger partial charge in [-0.05, 0) is 30.9 Å². The quantitative estimate of drug-likeness (QED) is 0.558. The Hall–Kier alpha value is -2.64. The van der Waals surface area contributed by atoms with Crippen molar-refractivity contribution in [2.75, 3.05) is 0 Å². The van der Waals surface area contributed by atoms with E-state index in [-0.39, 0.29) is 11.0 Å². The lowest BCUT2D eigenvalue weighted by Gasteiger charge is -2.36. The number of fused-ring (bicyclic) bond motifs is 1. The van der Waals surface area contributed by atoms with Gasteiger partial charge in [0.25, 0.3) is 0 Å². The smallest absolute Gasteiger partial charge is 0.201 e. The van der Waals surface area contributed by atoms with E-state index in [2.05, 4.69) is 124 Å². The highest BCUT2D eigenvalue weighted by atomic mass is 31.1. The first-order chi connectivity index (χ1) is 14.2. The summed E-state index contributed by atoms with van der Waals surface area (Å²) in [5.74, 6) is 0.831. The molecule has 0 aliphatic carbocycles. The van der Waals surface area contributed by atoms with Crippen molar-refractivity contribution in [1.29, 1.82) is 0 Å². The van der Waals surface area contributed by atoms with Gasteiger partial charge in [-0.25, -0.2) is 4.99 Å². The predicted molar refractivity (Wildman–Crippen MR) is 131 cm³/mol. The molecule has 4 rings (SSSR count). The van der Waals surface area contributed by atoms with Crippen LogP contribution < -0.4 is 21.0 Å². The monoisotopic (exact) mass is 415 g/mol. The van der Waals surface area contributed by atoms with Crippen molar-refractivity contribution < 1.29 is 0 Å². The fourth-order valence-electron chi connectivity index (χ4n) is 3.72. The molecule has 4 heteroatoms. The predicted octanol–water partition coefficient (Wildman–Crippen LogP) is 5.45. The van der Waals surface area contributed by atoms with Crippen LogP contribution in [0, 0.1) is 0 Å². The lowest BCUT2D eigenvalue weighted by molar-refractivity contribution is 0.475. The number of aliphatic imine (C=N–C) groups is 1. The first kappa shape index (κ1) is 20.6. The van der Waals surface area contributed by atoms with Crippen LogP contribution in [-0.2, 0) is 11.0 Å². The molecule has 0 spiro atoms. The molecule has 154 valence electrons. The Morgan fingerprint density at radius 3 is 1.93 bits per heavy atom. The van der Waals surface area contributed by atoms with E-state index in [4.69, 9.17) is 4.99 Å². The zero-order valence-corrected chi connectivity index (χ0v) is 19.3. The standard InChI is InChI=1S/C26H30N3P/c1-25(2,3)19-16-17-22-23(18-19)27-24(28-26(22,4)5)29-30(20-12-8-6-9-13-20)21-14-10-7-11-15-21/h6-18H,1-5H3,(H2,27,28,29). The fourth-order valence-corrected chi connectivity index (χ4v) is 5.54. The minimum atomic E-state index is -0.778. The molecule has 1 heterocycles. The van der Waals surface area contributed by atoms with Gasteiger partial charge in [0.15, 0.2) is 0 Å². The molecule has 1 aliphatic rings. The molecule has 0 saturated heterocycles. The largest absolute Gasteiger partial charge is 0.347 e. The van der Waals surface area contributed by atoms with Crippen LogP contribution in [0.4, 0.5) is 5.69 Å². The summed E-state index contributed by atoms with van der Waals surface area (Å²) in [7, 11) is -0.778. The lowest BCUT2D eigenvalue weighted by atomic mass is 9.83. The molecule has 3 aromatic rings. The average molecular weight is 416 g/mol. The molecular weight excluding hydrogens is 385 g/mol. The fraction of sp³-hybridized carbons (Fsp3) is 0.269. The second-order valence-electron chi connectivity index (χ2n) is 9.31. The highest BCUT2D eigenvalue weighted by Crippen LogP contribution is 2.38. The van der Waals surface area contributed by atoms with E-state index in [0.29, 0.717) is 0 Å². The van der Waals surface area contributed by atoms with Gasteiger partial charge in [0.2, 0.25) is 5.96 Å². The average Bonchev–Trinajstić information content (AvgIpc) is 2.72. The maximum absolute atomic E-state index is 5.02. The van der Waals surface area contributed by atoms with Crippen LogP contribution in [0.15, 0.2) is 83.9 Å². The molecule has 0 aromatic heterocycles. The summed E-state index contributed by atoms with van der Waals surface area (Å²) in [6, 6.07) is 28.0. The highest BCUT2D eigenvalue weighted by Gasteiger charge is 2.31. The molecular formula is C26H30N3P. The summed E-state index contributed by atoms with van der Waals surface area (Å²) in [6.07, 6.45) is 0. The molecule has 1 aliphatic heterocycles. The van der Waals surface area contributed by atoms with Gasteiger partial charge in [0.1, 0.15) is 0 Å². The van der Waals surface area contributed by atoms with Gasteiger partial charge in [-0.15, -0.1) is 0 Å². The van der Waals surface area contributed by atoms with Crippen molar-refractivity contribution in [2.45, 2.75) is 45.6 Å². The summed E-state index contributed by atoms with van der Waals surface area (Å²) in [4.78, 5) is 5.02. The van der Waals surface area contributed by atoms with Gasteiger partial charge < -0.3 is 10.4 Å². The Bertz CT molecular complexity index is 1010. The Balaban J connectivity index is 1.75. The van der Waals surface area contributed by atoms with Crippen molar-refractivity contribution in [3.05, 3.63) is 90.0 Å². The van der Waals surface area contributed by atoms with Gasteiger partial charge in [-0.1, -0.05) is 93.6 Å². The number of hydrogen-bond donors (Lipinski definition) is 2. The molecule has 2 N–H and O–H groups in total. The molecule has 0 amide bonds. The van der Waals surface area contributed by atoms with E-state index in [1.54, 1.807) is 0 Å². The molecule has 0 fully saturated rings. The SMILES string of the molecule is CC(C)(C)c1ccc2c(c1)N=C(NP(c1ccccc1)c1ccccc1)NC2(C)C. The van der Waals surface area contributed by atoms with Crippen LogP contribution in [0.3, 0.4) is 0 Å². The Morgan fingerprint density at radius 1 is 0.833 bits per heavy atom. The van der Waals surface area contributed by atoms with Gasteiger partial charge in [-0.3, -0.25) is 0 Å². The van der Waals surface area contributed by atoms with Crippen LogP contribution in [0.2, 0.25) is 0 Å². The molecule has 0 unspecified atom stereocenters. The van der Waals surface area contributed by atoms with Crippen LogP contribution >= 0.6 is 8.07 Å². The van der Waals surface area contributed by atoms with Gasteiger partial charge in [0.05, 0.1) is 19.3 Å². The Kier molecular flexibility index (Phi) is 5.42. The third-order valence-corrected chi connectivity index (χ3v) is 7.51. The van der Waals surface area contributed by atoms with E-state index >= 15 is 0 Å². The van der Waals surface area contributed by atoms with Gasteiger partial charge in [-0.2, -0.15) is 0 Å². The molecule has 0 saturated carbocycles. The van der Waals surface area contributed by atoms with Crippen molar-refractivity contribution in [3.8, 4) is 0 Å². The zero-order chi connectivity index (χ0) is 21.4. The maximum atomic E-state index is 5.02. The molecule has 0 radical (unpaired) electrons. The molecule has 3 aromatic carbocycles. The molecule has 3 nitrogen and oxygen atoms in total. The summed E-state index contributed by atoms with van der Waals surface area (Å²) < 4.78 is 0. The van der Waals surface area contributed by atoms with Crippen molar-refractivity contribution in [3.63, 3.8) is 0 Å². The minimum absolute atomic E-state index is 0.0911. The topological polar surface area (TPSA) is 36.4 Å². The Labute approximate surface area is 181 Å². The van der Waals surface area contributed by atoms with Crippen molar-refractivity contribution in [1.82, 2.24) is 10.4 Å². The first-order valence-electron chi connectivity index (χ1n) is 10.4. The number of nitrogens with one attached hydrogen (secondary N) is 2. The summed E-state index contributed by atoms with van der Waals surface area (Å²) in [5.41, 5.74) is 3.46. The van der Waals surface area contributed by atoms with E-state index in [1.165, 1.54) is 21.7 Å². The number of rotatable bonds is 3. The van der Waals surface area contributed by atoms with Crippen LogP contribution in [0.25, 0.3) is 0 Å². The molecule has 0 atom stereocenters. The van der Waals surface area contributed by atoms with Crippen LogP contribution in [0.5, 0.6) is 0 Å². The highest BCUT2D eigenvalue weighted by molar-refractivity contribution is 7.71. The van der Waals surface area contributed by atoms with E-state index in [9.17, 15) is 0 Å². The van der Waals surface area contributed by atoms with Gasteiger partial charge in [0, 0.05) is 16.2 Å². The zero-order valence-electron chi connectivity index (χ0n) is 18.4. The van der Waals surface area contributed by atoms with E-state index < -0.39 is 8.07 Å². The van der Waals surface area contributed by atoms with Crippen molar-refractivity contribution >= 4 is 30.3 Å². The van der Waals surface area contributed by atoms with E-state index in [0.717, 1.165) is 11.6 Å². The first-order valence-corrected chi connectivity index (χ1v) is 11.8. The summed E-state index contributed by atoms with van der Waals surface area (Å²) in [6.45, 7) is 11.2. The van der Waals surface area contributed by atoms with Crippen molar-refractivity contribution in [2.24, 2.45) is 4.99 Å². The normalized spacial score (nSPS) is 15.2. The van der Waals surface area contributed by atoms with Crippen LogP contribution in [0.1, 0.15) is 45.7 Å². The van der Waals surface area contributed by atoms with E-state index in [1.807, 2.05) is 0 Å². The molecule has 0 bridgehead atoms.